The average molecular weight is 207 g/mol. The van der Waals surface area contributed by atoms with Gasteiger partial charge in [-0.1, -0.05) is 45.2 Å². The standard InChI is InChI=1S/C14H25N/c1-5-9-14(8-4)10-13-15(11-6-2)12-7-3/h5,8-9H,1,4,6-7,10-13H2,2-3H3/b14-9+. The zero-order chi connectivity index (χ0) is 11.5. The van der Waals surface area contributed by atoms with Gasteiger partial charge in [-0.2, -0.15) is 0 Å². The highest BCUT2D eigenvalue weighted by Crippen LogP contribution is 2.05. The van der Waals surface area contributed by atoms with Crippen LogP contribution in [0.1, 0.15) is 33.1 Å². The third-order valence-corrected chi connectivity index (χ3v) is 2.39. The van der Waals surface area contributed by atoms with Crippen LogP contribution in [0, 0.1) is 0 Å². The van der Waals surface area contributed by atoms with Gasteiger partial charge in [-0.3, -0.25) is 0 Å². The molecule has 0 saturated carbocycles. The zero-order valence-corrected chi connectivity index (χ0v) is 10.3. The fourth-order valence-corrected chi connectivity index (χ4v) is 1.66. The first-order chi connectivity index (χ1) is 7.28. The Morgan fingerprint density at radius 2 is 1.67 bits per heavy atom. The minimum absolute atomic E-state index is 1.08. The van der Waals surface area contributed by atoms with E-state index >= 15 is 0 Å². The number of allylic oxidation sites excluding steroid dienone is 3. The molecule has 86 valence electrons. The summed E-state index contributed by atoms with van der Waals surface area (Å²) in [5.41, 5.74) is 1.28. The second-order valence-corrected chi connectivity index (χ2v) is 3.77. The molecule has 0 aliphatic rings. The van der Waals surface area contributed by atoms with Crippen LogP contribution in [-0.2, 0) is 0 Å². The Morgan fingerprint density at radius 3 is 2.07 bits per heavy atom. The van der Waals surface area contributed by atoms with Crippen LogP contribution in [0.2, 0.25) is 0 Å². The Labute approximate surface area is 95.2 Å². The number of nitrogens with zero attached hydrogens (tertiary/aromatic N) is 1. The molecule has 0 unspecified atom stereocenters. The van der Waals surface area contributed by atoms with E-state index in [1.54, 1.807) is 0 Å². The van der Waals surface area contributed by atoms with Crippen molar-refractivity contribution in [2.24, 2.45) is 0 Å². The summed E-state index contributed by atoms with van der Waals surface area (Å²) in [6, 6.07) is 0. The lowest BCUT2D eigenvalue weighted by atomic mass is 10.1. The summed E-state index contributed by atoms with van der Waals surface area (Å²) in [4.78, 5) is 2.51. The second-order valence-electron chi connectivity index (χ2n) is 3.77. The highest BCUT2D eigenvalue weighted by molar-refractivity contribution is 5.21. The predicted octanol–water partition coefficient (Wildman–Crippen LogP) is 3.80. The normalized spacial score (nSPS) is 11.8. The molecule has 0 rings (SSSR count). The van der Waals surface area contributed by atoms with E-state index in [4.69, 9.17) is 0 Å². The van der Waals surface area contributed by atoms with Gasteiger partial charge in [-0.15, -0.1) is 0 Å². The molecule has 0 heterocycles. The van der Waals surface area contributed by atoms with Crippen molar-refractivity contribution in [2.45, 2.75) is 33.1 Å². The van der Waals surface area contributed by atoms with E-state index in [-0.39, 0.29) is 0 Å². The van der Waals surface area contributed by atoms with E-state index in [1.165, 1.54) is 31.5 Å². The molecule has 15 heavy (non-hydrogen) atoms. The van der Waals surface area contributed by atoms with Crippen molar-refractivity contribution < 1.29 is 0 Å². The molecule has 0 aliphatic carbocycles. The van der Waals surface area contributed by atoms with Crippen molar-refractivity contribution >= 4 is 0 Å². The van der Waals surface area contributed by atoms with Gasteiger partial charge in [0.25, 0.3) is 0 Å². The molecule has 0 spiro atoms. The van der Waals surface area contributed by atoms with Gasteiger partial charge in [0.2, 0.25) is 0 Å². The summed E-state index contributed by atoms with van der Waals surface area (Å²) in [5, 5.41) is 0. The van der Waals surface area contributed by atoms with Gasteiger partial charge in [0, 0.05) is 6.54 Å². The highest BCUT2D eigenvalue weighted by atomic mass is 15.1. The molecular weight excluding hydrogens is 182 g/mol. The van der Waals surface area contributed by atoms with E-state index in [2.05, 4.69) is 31.9 Å². The van der Waals surface area contributed by atoms with Crippen molar-refractivity contribution in [2.75, 3.05) is 19.6 Å². The molecule has 0 aromatic carbocycles. The van der Waals surface area contributed by atoms with Crippen molar-refractivity contribution in [3.63, 3.8) is 0 Å². The van der Waals surface area contributed by atoms with Crippen molar-refractivity contribution in [3.05, 3.63) is 37.0 Å². The van der Waals surface area contributed by atoms with Crippen LogP contribution in [0.4, 0.5) is 0 Å². The Hall–Kier alpha value is -0.820. The number of rotatable bonds is 9. The summed E-state index contributed by atoms with van der Waals surface area (Å²) < 4.78 is 0. The first kappa shape index (κ1) is 14.2. The minimum atomic E-state index is 1.08. The molecule has 0 radical (unpaired) electrons. The van der Waals surface area contributed by atoms with Crippen LogP contribution in [0.15, 0.2) is 37.0 Å². The fraction of sp³-hybridized carbons (Fsp3) is 0.571. The smallest absolute Gasteiger partial charge is 0.00218 e. The third-order valence-electron chi connectivity index (χ3n) is 2.39. The monoisotopic (exact) mass is 207 g/mol. The lowest BCUT2D eigenvalue weighted by molar-refractivity contribution is 0.278. The summed E-state index contributed by atoms with van der Waals surface area (Å²) >= 11 is 0. The quantitative estimate of drug-likeness (QED) is 0.520. The van der Waals surface area contributed by atoms with Crippen LogP contribution in [0.5, 0.6) is 0 Å². The Kier molecular flexibility index (Phi) is 9.19. The van der Waals surface area contributed by atoms with Gasteiger partial charge in [0.05, 0.1) is 0 Å². The SMILES string of the molecule is C=C/C=C(\C=C)CCN(CCC)CCC. The van der Waals surface area contributed by atoms with E-state index < -0.39 is 0 Å². The van der Waals surface area contributed by atoms with E-state index in [9.17, 15) is 0 Å². The van der Waals surface area contributed by atoms with Gasteiger partial charge >= 0.3 is 0 Å². The zero-order valence-electron chi connectivity index (χ0n) is 10.3. The Bertz CT molecular complexity index is 197. The van der Waals surface area contributed by atoms with Gasteiger partial charge in [0.15, 0.2) is 0 Å². The minimum Gasteiger partial charge on any atom is -0.303 e. The molecule has 0 aliphatic heterocycles. The van der Waals surface area contributed by atoms with Gasteiger partial charge in [0.1, 0.15) is 0 Å². The van der Waals surface area contributed by atoms with Gasteiger partial charge in [-0.25, -0.2) is 0 Å². The molecule has 1 nitrogen and oxygen atoms in total. The molecule has 0 fully saturated rings. The van der Waals surface area contributed by atoms with Crippen molar-refractivity contribution in [1.29, 1.82) is 0 Å². The first-order valence-corrected chi connectivity index (χ1v) is 5.94. The van der Waals surface area contributed by atoms with Crippen LogP contribution in [0.3, 0.4) is 0 Å². The van der Waals surface area contributed by atoms with Crippen LogP contribution in [-0.4, -0.2) is 24.5 Å². The first-order valence-electron chi connectivity index (χ1n) is 5.94. The van der Waals surface area contributed by atoms with Gasteiger partial charge in [-0.05, 0) is 37.9 Å². The lowest BCUT2D eigenvalue weighted by Gasteiger charge is -2.20. The molecule has 0 bridgehead atoms. The van der Waals surface area contributed by atoms with E-state index in [1.807, 2.05) is 18.2 Å². The highest BCUT2D eigenvalue weighted by Gasteiger charge is 2.02. The van der Waals surface area contributed by atoms with Crippen LogP contribution >= 0.6 is 0 Å². The Balaban J connectivity index is 4.00. The predicted molar refractivity (Wildman–Crippen MR) is 70.1 cm³/mol. The fourth-order valence-electron chi connectivity index (χ4n) is 1.66. The molecule has 1 heteroatoms. The number of hydrogen-bond donors (Lipinski definition) is 0. The summed E-state index contributed by atoms with van der Waals surface area (Å²) in [7, 11) is 0. The molecule has 0 aromatic heterocycles. The van der Waals surface area contributed by atoms with Crippen molar-refractivity contribution in [3.8, 4) is 0 Å². The van der Waals surface area contributed by atoms with Gasteiger partial charge < -0.3 is 4.90 Å². The summed E-state index contributed by atoms with van der Waals surface area (Å²) in [5.74, 6) is 0. The number of hydrogen-bond acceptors (Lipinski definition) is 1. The molecule has 0 amide bonds. The summed E-state index contributed by atoms with van der Waals surface area (Å²) in [6.45, 7) is 15.5. The molecule has 0 aromatic rings. The molecule has 0 atom stereocenters. The average Bonchev–Trinajstić information content (AvgIpc) is 2.24. The maximum absolute atomic E-state index is 3.81. The lowest BCUT2D eigenvalue weighted by Crippen LogP contribution is -2.26. The molecule has 0 N–H and O–H groups in total. The Morgan fingerprint density at radius 1 is 1.07 bits per heavy atom. The summed E-state index contributed by atoms with van der Waals surface area (Å²) in [6.07, 6.45) is 9.35. The molecular formula is C14H25N. The maximum Gasteiger partial charge on any atom is 0.00218 e. The van der Waals surface area contributed by atoms with E-state index in [0.29, 0.717) is 0 Å². The van der Waals surface area contributed by atoms with Crippen LogP contribution in [0.25, 0.3) is 0 Å². The van der Waals surface area contributed by atoms with Crippen molar-refractivity contribution in [1.82, 2.24) is 4.90 Å². The largest absolute Gasteiger partial charge is 0.303 e. The third kappa shape index (κ3) is 7.15. The van der Waals surface area contributed by atoms with Crippen LogP contribution < -0.4 is 0 Å². The maximum atomic E-state index is 3.81. The topological polar surface area (TPSA) is 3.24 Å². The van der Waals surface area contributed by atoms with E-state index in [0.717, 1.165) is 13.0 Å². The molecule has 0 saturated heterocycles. The second kappa shape index (κ2) is 9.72.